The summed E-state index contributed by atoms with van der Waals surface area (Å²) >= 11 is 4.74. The van der Waals surface area contributed by atoms with E-state index in [0.717, 1.165) is 0 Å². The molecule has 5 heteroatoms. The van der Waals surface area contributed by atoms with Crippen LogP contribution in [0.4, 0.5) is 0 Å². The minimum Gasteiger partial charge on any atom is -0.393 e. The first-order valence-corrected chi connectivity index (χ1v) is 5.33. The van der Waals surface area contributed by atoms with Crippen molar-refractivity contribution in [3.8, 4) is 0 Å². The Morgan fingerprint density at radius 2 is 2.07 bits per heavy atom. The van der Waals surface area contributed by atoms with Crippen molar-refractivity contribution in [1.82, 2.24) is 5.32 Å². The Labute approximate surface area is 96.5 Å². The van der Waals surface area contributed by atoms with Crippen LogP contribution < -0.4 is 11.1 Å². The molecule has 0 bridgehead atoms. The molecule has 0 spiro atoms. The fraction of sp³-hybridized carbons (Fsp3) is 0.800. The molecule has 0 aromatic heterocycles. The van der Waals surface area contributed by atoms with Crippen molar-refractivity contribution < 1.29 is 9.53 Å². The molecule has 0 heterocycles. The first-order valence-electron chi connectivity index (χ1n) is 4.92. The van der Waals surface area contributed by atoms with Gasteiger partial charge in [-0.2, -0.15) is 0 Å². The Morgan fingerprint density at radius 3 is 2.47 bits per heavy atom. The first-order chi connectivity index (χ1) is 6.70. The highest BCUT2D eigenvalue weighted by molar-refractivity contribution is 7.80. The number of rotatable bonds is 5. The fourth-order valence-electron chi connectivity index (χ4n) is 0.951. The van der Waals surface area contributed by atoms with Crippen LogP contribution in [0.3, 0.4) is 0 Å². The number of nitrogens with one attached hydrogen (secondary N) is 1. The standard InChI is InChI=1S/C10H20N2O2S/c1-7(5-8(11)15)12-9(13)6-14-10(2,3)4/h7H,5-6H2,1-4H3,(H2,11,15)(H,12,13). The number of ether oxygens (including phenoxy) is 1. The number of hydrogen-bond acceptors (Lipinski definition) is 3. The second-order valence-electron chi connectivity index (χ2n) is 4.54. The number of amides is 1. The minimum absolute atomic E-state index is 0.0430. The molecule has 0 aliphatic rings. The van der Waals surface area contributed by atoms with Crippen molar-refractivity contribution in [2.75, 3.05) is 6.61 Å². The van der Waals surface area contributed by atoms with E-state index >= 15 is 0 Å². The summed E-state index contributed by atoms with van der Waals surface area (Å²) in [6.07, 6.45) is 0.511. The summed E-state index contributed by atoms with van der Waals surface area (Å²) in [7, 11) is 0. The summed E-state index contributed by atoms with van der Waals surface area (Å²) in [6.45, 7) is 7.62. The van der Waals surface area contributed by atoms with Gasteiger partial charge in [-0.15, -0.1) is 0 Å². The van der Waals surface area contributed by atoms with Gasteiger partial charge in [-0.25, -0.2) is 0 Å². The van der Waals surface area contributed by atoms with Crippen molar-refractivity contribution in [2.24, 2.45) is 5.73 Å². The zero-order valence-corrected chi connectivity index (χ0v) is 10.6. The van der Waals surface area contributed by atoms with Gasteiger partial charge in [-0.3, -0.25) is 4.79 Å². The fourth-order valence-corrected chi connectivity index (χ4v) is 1.20. The lowest BCUT2D eigenvalue weighted by atomic mass is 10.2. The van der Waals surface area contributed by atoms with E-state index < -0.39 is 0 Å². The van der Waals surface area contributed by atoms with Crippen LogP contribution in [0.1, 0.15) is 34.1 Å². The molecule has 4 nitrogen and oxygen atoms in total. The van der Waals surface area contributed by atoms with E-state index in [9.17, 15) is 4.79 Å². The van der Waals surface area contributed by atoms with E-state index in [1.165, 1.54) is 0 Å². The Morgan fingerprint density at radius 1 is 1.53 bits per heavy atom. The Kier molecular flexibility index (Phi) is 5.75. The highest BCUT2D eigenvalue weighted by Crippen LogP contribution is 2.05. The number of carbonyl (C=O) groups is 1. The normalized spacial score (nSPS) is 13.3. The average Bonchev–Trinajstić information content (AvgIpc) is 1.97. The summed E-state index contributed by atoms with van der Waals surface area (Å²) in [5.74, 6) is -0.145. The van der Waals surface area contributed by atoms with Gasteiger partial charge in [0.05, 0.1) is 10.6 Å². The third kappa shape index (κ3) is 9.62. The molecule has 0 fully saturated rings. The number of thiocarbonyl (C=S) groups is 1. The molecule has 0 aromatic carbocycles. The Hall–Kier alpha value is -0.680. The molecular formula is C10H20N2O2S. The van der Waals surface area contributed by atoms with E-state index in [1.54, 1.807) is 0 Å². The maximum atomic E-state index is 11.4. The molecule has 1 unspecified atom stereocenters. The van der Waals surface area contributed by atoms with Crippen molar-refractivity contribution in [1.29, 1.82) is 0 Å². The lowest BCUT2D eigenvalue weighted by Crippen LogP contribution is -2.39. The van der Waals surface area contributed by atoms with Crippen LogP contribution in [0.25, 0.3) is 0 Å². The smallest absolute Gasteiger partial charge is 0.246 e. The SMILES string of the molecule is CC(CC(N)=S)NC(=O)COC(C)(C)C. The largest absolute Gasteiger partial charge is 0.393 e. The lowest BCUT2D eigenvalue weighted by Gasteiger charge is -2.20. The highest BCUT2D eigenvalue weighted by atomic mass is 32.1. The van der Waals surface area contributed by atoms with Crippen molar-refractivity contribution in [3.05, 3.63) is 0 Å². The van der Waals surface area contributed by atoms with Crippen LogP contribution in [-0.2, 0) is 9.53 Å². The summed E-state index contributed by atoms with van der Waals surface area (Å²) < 4.78 is 5.32. The van der Waals surface area contributed by atoms with Crippen LogP contribution in [0.5, 0.6) is 0 Å². The predicted molar refractivity (Wildman–Crippen MR) is 64.7 cm³/mol. The molecule has 0 saturated heterocycles. The molecule has 1 atom stereocenters. The maximum absolute atomic E-state index is 11.4. The molecule has 0 aliphatic heterocycles. The Balaban J connectivity index is 3.79. The molecule has 0 rings (SSSR count). The van der Waals surface area contributed by atoms with E-state index in [-0.39, 0.29) is 24.2 Å². The number of hydrogen-bond donors (Lipinski definition) is 2. The van der Waals surface area contributed by atoms with Gasteiger partial charge < -0.3 is 15.8 Å². The van der Waals surface area contributed by atoms with Gasteiger partial charge in [0.1, 0.15) is 6.61 Å². The topological polar surface area (TPSA) is 64.3 Å². The van der Waals surface area contributed by atoms with Crippen molar-refractivity contribution in [2.45, 2.75) is 45.8 Å². The summed E-state index contributed by atoms with van der Waals surface area (Å²) in [5, 5.41) is 2.75. The van der Waals surface area contributed by atoms with Gasteiger partial charge >= 0.3 is 0 Å². The monoisotopic (exact) mass is 232 g/mol. The quantitative estimate of drug-likeness (QED) is 0.694. The van der Waals surface area contributed by atoms with Gasteiger partial charge in [0, 0.05) is 12.5 Å². The molecule has 0 radical (unpaired) electrons. The van der Waals surface area contributed by atoms with Gasteiger partial charge in [0.15, 0.2) is 0 Å². The molecule has 3 N–H and O–H groups in total. The predicted octanol–water partition coefficient (Wildman–Crippen LogP) is 0.982. The second-order valence-corrected chi connectivity index (χ2v) is 5.06. The highest BCUT2D eigenvalue weighted by Gasteiger charge is 2.14. The molecule has 0 aliphatic carbocycles. The molecule has 15 heavy (non-hydrogen) atoms. The van der Waals surface area contributed by atoms with E-state index in [1.807, 2.05) is 27.7 Å². The number of carbonyl (C=O) groups excluding carboxylic acids is 1. The van der Waals surface area contributed by atoms with Gasteiger partial charge in [0.2, 0.25) is 5.91 Å². The minimum atomic E-state index is -0.302. The molecule has 0 aromatic rings. The van der Waals surface area contributed by atoms with Crippen LogP contribution in [0, 0.1) is 0 Å². The van der Waals surface area contributed by atoms with Crippen LogP contribution >= 0.6 is 12.2 Å². The maximum Gasteiger partial charge on any atom is 0.246 e. The van der Waals surface area contributed by atoms with Crippen LogP contribution in [0.15, 0.2) is 0 Å². The molecule has 0 saturated carbocycles. The number of nitrogens with two attached hydrogens (primary N) is 1. The summed E-state index contributed by atoms with van der Waals surface area (Å²) in [6, 6.07) is -0.0430. The van der Waals surface area contributed by atoms with Crippen molar-refractivity contribution >= 4 is 23.1 Å². The molecule has 1 amide bonds. The van der Waals surface area contributed by atoms with Gasteiger partial charge in [-0.1, -0.05) is 12.2 Å². The summed E-state index contributed by atoms with van der Waals surface area (Å²) in [5.41, 5.74) is 5.06. The van der Waals surface area contributed by atoms with E-state index in [4.69, 9.17) is 22.7 Å². The first kappa shape index (κ1) is 14.3. The average molecular weight is 232 g/mol. The Bertz CT molecular complexity index is 236. The van der Waals surface area contributed by atoms with Crippen molar-refractivity contribution in [3.63, 3.8) is 0 Å². The third-order valence-electron chi connectivity index (χ3n) is 1.55. The lowest BCUT2D eigenvalue weighted by molar-refractivity contribution is -0.131. The van der Waals surface area contributed by atoms with Gasteiger partial charge in [-0.05, 0) is 27.7 Å². The zero-order chi connectivity index (χ0) is 12.1. The summed E-state index contributed by atoms with van der Waals surface area (Å²) in [4.78, 5) is 11.8. The van der Waals surface area contributed by atoms with E-state index in [0.29, 0.717) is 11.4 Å². The third-order valence-corrected chi connectivity index (χ3v) is 1.72. The van der Waals surface area contributed by atoms with E-state index in [2.05, 4.69) is 5.32 Å². The second kappa shape index (κ2) is 6.02. The van der Waals surface area contributed by atoms with Gasteiger partial charge in [0.25, 0.3) is 0 Å². The zero-order valence-electron chi connectivity index (χ0n) is 9.79. The van der Waals surface area contributed by atoms with Crippen LogP contribution in [0.2, 0.25) is 0 Å². The molecular weight excluding hydrogens is 212 g/mol. The van der Waals surface area contributed by atoms with Crippen LogP contribution in [-0.4, -0.2) is 29.1 Å². The molecule has 88 valence electrons.